The largest absolute Gasteiger partial charge is 0.349 e. The number of carbonyl (C=O) groups excluding carboxylic acids is 1. The van der Waals surface area contributed by atoms with Gasteiger partial charge in [0.05, 0.1) is 11.6 Å². The Kier molecular flexibility index (Phi) is 3.48. The summed E-state index contributed by atoms with van der Waals surface area (Å²) in [4.78, 5) is 12.2. The van der Waals surface area contributed by atoms with Crippen LogP contribution in [0.3, 0.4) is 0 Å². The summed E-state index contributed by atoms with van der Waals surface area (Å²) in [7, 11) is 0. The topological polar surface area (TPSA) is 52.9 Å². The number of rotatable bonds is 3. The second kappa shape index (κ2) is 5.28. The van der Waals surface area contributed by atoms with Crippen molar-refractivity contribution in [3.63, 3.8) is 0 Å². The molecule has 0 spiro atoms. The number of carbonyl (C=O) groups is 1. The molecule has 0 unspecified atom stereocenters. The molecule has 3 rings (SSSR count). The molecule has 0 saturated heterocycles. The lowest BCUT2D eigenvalue weighted by atomic mass is 9.84. The van der Waals surface area contributed by atoms with Crippen molar-refractivity contribution in [2.24, 2.45) is 17.8 Å². The maximum Gasteiger partial charge on any atom is 0.251 e. The Hall–Kier alpha value is -1.82. The first-order valence-electron chi connectivity index (χ1n) is 7.48. The fraction of sp³-hybridized carbons (Fsp3) is 0.529. The van der Waals surface area contributed by atoms with Gasteiger partial charge in [0.25, 0.3) is 5.91 Å². The molecule has 1 N–H and O–H groups in total. The van der Waals surface area contributed by atoms with E-state index in [2.05, 4.69) is 18.3 Å². The smallest absolute Gasteiger partial charge is 0.251 e. The van der Waals surface area contributed by atoms with Gasteiger partial charge in [0, 0.05) is 11.6 Å². The van der Waals surface area contributed by atoms with Gasteiger partial charge in [-0.05, 0) is 68.2 Å². The van der Waals surface area contributed by atoms with Crippen LogP contribution in [0, 0.1) is 29.1 Å². The third-order valence-electron chi connectivity index (χ3n) is 5.07. The van der Waals surface area contributed by atoms with Crippen LogP contribution in [0.5, 0.6) is 0 Å². The minimum absolute atomic E-state index is 0.0234. The van der Waals surface area contributed by atoms with Crippen LogP contribution < -0.4 is 5.32 Å². The molecule has 2 aliphatic carbocycles. The molecule has 2 fully saturated rings. The Labute approximate surface area is 120 Å². The summed E-state index contributed by atoms with van der Waals surface area (Å²) in [5.74, 6) is 2.34. The predicted molar refractivity (Wildman–Crippen MR) is 77.0 cm³/mol. The maximum atomic E-state index is 12.2. The number of benzene rings is 1. The molecule has 2 saturated carbocycles. The molecule has 4 atom stereocenters. The second-order valence-corrected chi connectivity index (χ2v) is 6.29. The standard InChI is InChI=1S/C17H20N2O/c1-11(16-9-13-4-7-15(16)8-13)19-17(20)14-5-2-12(10-18)3-6-14/h2-3,5-6,11,13,15-16H,4,7-9H2,1H3,(H,19,20)/t11-,13-,15-,16+/m0/s1. The third kappa shape index (κ3) is 2.43. The highest BCUT2D eigenvalue weighted by atomic mass is 16.1. The van der Waals surface area contributed by atoms with Crippen molar-refractivity contribution in [1.29, 1.82) is 5.26 Å². The van der Waals surface area contributed by atoms with E-state index in [0.717, 1.165) is 11.8 Å². The molecule has 2 bridgehead atoms. The molecule has 0 radical (unpaired) electrons. The third-order valence-corrected chi connectivity index (χ3v) is 5.07. The van der Waals surface area contributed by atoms with Gasteiger partial charge in [-0.25, -0.2) is 0 Å². The van der Waals surface area contributed by atoms with E-state index >= 15 is 0 Å². The lowest BCUT2D eigenvalue weighted by Gasteiger charge is -2.28. The van der Waals surface area contributed by atoms with Gasteiger partial charge < -0.3 is 5.32 Å². The lowest BCUT2D eigenvalue weighted by molar-refractivity contribution is 0.0915. The molecule has 1 amide bonds. The summed E-state index contributed by atoms with van der Waals surface area (Å²) in [6.07, 6.45) is 5.37. The van der Waals surface area contributed by atoms with E-state index in [1.807, 2.05) is 0 Å². The molecular weight excluding hydrogens is 248 g/mol. The summed E-state index contributed by atoms with van der Waals surface area (Å²) >= 11 is 0. The minimum atomic E-state index is -0.0234. The molecule has 0 aliphatic heterocycles. The molecule has 104 valence electrons. The normalized spacial score (nSPS) is 28.9. The van der Waals surface area contributed by atoms with Crippen LogP contribution in [0.15, 0.2) is 24.3 Å². The first kappa shape index (κ1) is 13.2. The van der Waals surface area contributed by atoms with Gasteiger partial charge in [0.2, 0.25) is 0 Å². The number of hydrogen-bond donors (Lipinski definition) is 1. The van der Waals surface area contributed by atoms with Crippen molar-refractivity contribution in [1.82, 2.24) is 5.32 Å². The predicted octanol–water partition coefficient (Wildman–Crippen LogP) is 3.11. The molecule has 20 heavy (non-hydrogen) atoms. The van der Waals surface area contributed by atoms with Crippen LogP contribution in [-0.2, 0) is 0 Å². The van der Waals surface area contributed by atoms with Gasteiger partial charge in [-0.15, -0.1) is 0 Å². The number of hydrogen-bond acceptors (Lipinski definition) is 2. The zero-order chi connectivity index (χ0) is 14.1. The quantitative estimate of drug-likeness (QED) is 0.915. The number of nitriles is 1. The van der Waals surface area contributed by atoms with Crippen molar-refractivity contribution in [2.75, 3.05) is 0 Å². The van der Waals surface area contributed by atoms with Gasteiger partial charge in [-0.2, -0.15) is 5.26 Å². The minimum Gasteiger partial charge on any atom is -0.349 e. The van der Waals surface area contributed by atoms with Crippen molar-refractivity contribution in [2.45, 2.75) is 38.6 Å². The van der Waals surface area contributed by atoms with E-state index in [1.54, 1.807) is 24.3 Å². The van der Waals surface area contributed by atoms with E-state index in [4.69, 9.17) is 5.26 Å². The van der Waals surface area contributed by atoms with E-state index in [1.165, 1.54) is 25.7 Å². The van der Waals surface area contributed by atoms with Crippen LogP contribution in [-0.4, -0.2) is 11.9 Å². The fourth-order valence-electron chi connectivity index (χ4n) is 4.00. The number of nitrogens with zero attached hydrogens (tertiary/aromatic N) is 1. The van der Waals surface area contributed by atoms with E-state index < -0.39 is 0 Å². The highest BCUT2D eigenvalue weighted by Gasteiger charge is 2.42. The zero-order valence-corrected chi connectivity index (χ0v) is 11.8. The molecule has 2 aliphatic rings. The molecule has 3 heteroatoms. The summed E-state index contributed by atoms with van der Waals surface area (Å²) in [6.45, 7) is 2.13. The summed E-state index contributed by atoms with van der Waals surface area (Å²) in [5.41, 5.74) is 1.22. The SMILES string of the molecule is C[C@H](NC(=O)c1ccc(C#N)cc1)[C@H]1C[C@H]2CC[C@H]1C2. The van der Waals surface area contributed by atoms with Crippen LogP contribution in [0.4, 0.5) is 0 Å². The van der Waals surface area contributed by atoms with Crippen LogP contribution in [0.1, 0.15) is 48.5 Å². The Morgan fingerprint density at radius 3 is 2.60 bits per heavy atom. The molecule has 1 aromatic rings. The Morgan fingerprint density at radius 2 is 2.05 bits per heavy atom. The Balaban J connectivity index is 1.62. The average molecular weight is 268 g/mol. The molecular formula is C17H20N2O. The molecule has 0 heterocycles. The highest BCUT2D eigenvalue weighted by molar-refractivity contribution is 5.94. The van der Waals surface area contributed by atoms with Gasteiger partial charge in [0.1, 0.15) is 0 Å². The van der Waals surface area contributed by atoms with Crippen LogP contribution >= 0.6 is 0 Å². The number of nitrogens with one attached hydrogen (secondary N) is 1. The van der Waals surface area contributed by atoms with Crippen LogP contribution in [0.2, 0.25) is 0 Å². The van der Waals surface area contributed by atoms with Crippen molar-refractivity contribution < 1.29 is 4.79 Å². The monoisotopic (exact) mass is 268 g/mol. The highest BCUT2D eigenvalue weighted by Crippen LogP contribution is 2.49. The van der Waals surface area contributed by atoms with Gasteiger partial charge in [-0.1, -0.05) is 6.42 Å². The first-order valence-corrected chi connectivity index (χ1v) is 7.48. The second-order valence-electron chi connectivity index (χ2n) is 6.29. The molecule has 1 aromatic carbocycles. The maximum absolute atomic E-state index is 12.2. The van der Waals surface area contributed by atoms with Gasteiger partial charge in [-0.3, -0.25) is 4.79 Å². The summed E-state index contributed by atoms with van der Waals surface area (Å²) in [6, 6.07) is 9.14. The van der Waals surface area contributed by atoms with Gasteiger partial charge >= 0.3 is 0 Å². The van der Waals surface area contributed by atoms with E-state index in [9.17, 15) is 4.79 Å². The molecule has 3 nitrogen and oxygen atoms in total. The fourth-order valence-corrected chi connectivity index (χ4v) is 4.00. The van der Waals surface area contributed by atoms with Crippen molar-refractivity contribution in [3.8, 4) is 6.07 Å². The first-order chi connectivity index (χ1) is 9.67. The lowest BCUT2D eigenvalue weighted by Crippen LogP contribution is -2.40. The van der Waals surface area contributed by atoms with E-state index in [0.29, 0.717) is 17.0 Å². The Morgan fingerprint density at radius 1 is 1.30 bits per heavy atom. The van der Waals surface area contributed by atoms with Crippen molar-refractivity contribution >= 4 is 5.91 Å². The Bertz CT molecular complexity index is 543. The zero-order valence-electron chi connectivity index (χ0n) is 11.8. The van der Waals surface area contributed by atoms with E-state index in [-0.39, 0.29) is 11.9 Å². The summed E-state index contributed by atoms with van der Waals surface area (Å²) < 4.78 is 0. The molecule has 0 aromatic heterocycles. The van der Waals surface area contributed by atoms with Crippen molar-refractivity contribution in [3.05, 3.63) is 35.4 Å². The average Bonchev–Trinajstić information content (AvgIpc) is 3.10. The number of amides is 1. The van der Waals surface area contributed by atoms with Gasteiger partial charge in [0.15, 0.2) is 0 Å². The van der Waals surface area contributed by atoms with Crippen LogP contribution in [0.25, 0.3) is 0 Å². The summed E-state index contributed by atoms with van der Waals surface area (Å²) in [5, 5.41) is 11.9. The number of fused-ring (bicyclic) bond motifs is 2.